The van der Waals surface area contributed by atoms with Crippen LogP contribution in [0.15, 0.2) is 113 Å². The quantitative estimate of drug-likeness (QED) is 0.248. The molecular formula is C29H27N3O4S. The Morgan fingerprint density at radius 1 is 0.838 bits per heavy atom. The van der Waals surface area contributed by atoms with E-state index in [0.29, 0.717) is 11.3 Å². The number of rotatable bonds is 8. The highest BCUT2D eigenvalue weighted by atomic mass is 32.2. The molecular weight excluding hydrogens is 486 g/mol. The summed E-state index contributed by atoms with van der Waals surface area (Å²) in [6.45, 7) is 3.57. The molecule has 0 heterocycles. The number of aromatic hydroxyl groups is 1. The van der Waals surface area contributed by atoms with Crippen LogP contribution in [-0.4, -0.2) is 25.1 Å². The van der Waals surface area contributed by atoms with Crippen molar-refractivity contribution >= 4 is 27.3 Å². The number of nitrogens with zero attached hydrogens (tertiary/aromatic N) is 2. The Morgan fingerprint density at radius 2 is 1.43 bits per heavy atom. The zero-order valence-electron chi connectivity index (χ0n) is 20.5. The molecule has 0 aliphatic carbocycles. The number of phenolic OH excluding ortho intramolecular Hbond substituents is 1. The summed E-state index contributed by atoms with van der Waals surface area (Å²) in [5.74, 6) is -0.542. The first-order valence-corrected chi connectivity index (χ1v) is 13.1. The average molecular weight is 514 g/mol. The second kappa shape index (κ2) is 11.1. The van der Waals surface area contributed by atoms with Crippen molar-refractivity contribution in [2.24, 2.45) is 5.10 Å². The minimum Gasteiger partial charge on any atom is -0.507 e. The topological polar surface area (TPSA) is 99.1 Å². The molecule has 37 heavy (non-hydrogen) atoms. The lowest BCUT2D eigenvalue weighted by molar-refractivity contribution is 0.0955. The highest BCUT2D eigenvalue weighted by molar-refractivity contribution is 7.92. The van der Waals surface area contributed by atoms with Crippen LogP contribution in [0.3, 0.4) is 0 Å². The summed E-state index contributed by atoms with van der Waals surface area (Å²) >= 11 is 0. The fraction of sp³-hybridized carbons (Fsp3) is 0.103. The molecule has 0 saturated heterocycles. The summed E-state index contributed by atoms with van der Waals surface area (Å²) < 4.78 is 28.9. The monoisotopic (exact) mass is 513 g/mol. The van der Waals surface area contributed by atoms with Crippen LogP contribution in [0.1, 0.15) is 34.0 Å². The summed E-state index contributed by atoms with van der Waals surface area (Å²) in [5, 5.41) is 14.2. The molecule has 0 bridgehead atoms. The molecule has 0 spiro atoms. The van der Waals surface area contributed by atoms with Crippen molar-refractivity contribution in [3.8, 4) is 5.75 Å². The van der Waals surface area contributed by atoms with Gasteiger partial charge in [0.25, 0.3) is 15.9 Å². The number of hydrogen-bond donors (Lipinski definition) is 2. The molecule has 0 saturated carbocycles. The first kappa shape index (κ1) is 25.7. The summed E-state index contributed by atoms with van der Waals surface area (Å²) in [4.78, 5) is 13.4. The summed E-state index contributed by atoms with van der Waals surface area (Å²) in [5.41, 5.74) is 5.44. The zero-order chi connectivity index (χ0) is 26.4. The fourth-order valence-electron chi connectivity index (χ4n) is 3.80. The number of aryl methyl sites for hydroxylation is 1. The standard InChI is InChI=1S/C29H27N3O4S/c1-21-16-18-24(19-17-21)37(35,36)32(20-23-10-4-3-5-11-23)27-14-8-6-13-26(27)29(34)31-30-22(2)25-12-7-9-15-28(25)33/h3-19,33H,20H2,1-2H3,(H,31,34). The van der Waals surface area contributed by atoms with Gasteiger partial charge in [0.15, 0.2) is 0 Å². The van der Waals surface area contributed by atoms with Gasteiger partial charge >= 0.3 is 0 Å². The Balaban J connectivity index is 1.74. The first-order chi connectivity index (χ1) is 17.8. The van der Waals surface area contributed by atoms with E-state index >= 15 is 0 Å². The molecule has 8 heteroatoms. The Labute approximate surface area is 216 Å². The van der Waals surface area contributed by atoms with E-state index < -0.39 is 15.9 Å². The maximum absolute atomic E-state index is 13.9. The Morgan fingerprint density at radius 3 is 2.11 bits per heavy atom. The van der Waals surface area contributed by atoms with Gasteiger partial charge in [-0.15, -0.1) is 0 Å². The number of carbonyl (C=O) groups excluding carboxylic acids is 1. The fourth-order valence-corrected chi connectivity index (χ4v) is 5.28. The third kappa shape index (κ3) is 5.87. The third-order valence-corrected chi connectivity index (χ3v) is 7.59. The highest BCUT2D eigenvalue weighted by Gasteiger charge is 2.28. The minimum absolute atomic E-state index is 0.0293. The van der Waals surface area contributed by atoms with Crippen LogP contribution >= 0.6 is 0 Å². The van der Waals surface area contributed by atoms with Crippen LogP contribution in [0, 0.1) is 6.92 Å². The maximum Gasteiger partial charge on any atom is 0.273 e. The molecule has 4 aromatic rings. The van der Waals surface area contributed by atoms with Gasteiger partial charge in [-0.25, -0.2) is 13.8 Å². The number of amides is 1. The second-order valence-electron chi connectivity index (χ2n) is 8.48. The average Bonchev–Trinajstić information content (AvgIpc) is 2.91. The third-order valence-electron chi connectivity index (χ3n) is 5.81. The Kier molecular flexibility index (Phi) is 7.69. The second-order valence-corrected chi connectivity index (χ2v) is 10.3. The van der Waals surface area contributed by atoms with Gasteiger partial charge in [-0.1, -0.05) is 72.3 Å². The number of carbonyl (C=O) groups is 1. The van der Waals surface area contributed by atoms with Crippen molar-refractivity contribution in [3.63, 3.8) is 0 Å². The van der Waals surface area contributed by atoms with Gasteiger partial charge in [-0.3, -0.25) is 9.10 Å². The normalized spacial score (nSPS) is 11.7. The van der Waals surface area contributed by atoms with Crippen molar-refractivity contribution in [3.05, 3.63) is 125 Å². The van der Waals surface area contributed by atoms with Gasteiger partial charge in [0.05, 0.1) is 28.4 Å². The number of phenols is 1. The van der Waals surface area contributed by atoms with E-state index in [0.717, 1.165) is 11.1 Å². The van der Waals surface area contributed by atoms with Crippen LogP contribution in [-0.2, 0) is 16.6 Å². The van der Waals surface area contributed by atoms with E-state index in [4.69, 9.17) is 0 Å². The SMILES string of the molecule is CC(=NNC(=O)c1ccccc1N(Cc1ccccc1)S(=O)(=O)c1ccc(C)cc1)c1ccccc1O. The number of para-hydroxylation sites is 2. The molecule has 0 radical (unpaired) electrons. The highest BCUT2D eigenvalue weighted by Crippen LogP contribution is 2.29. The van der Waals surface area contributed by atoms with E-state index in [2.05, 4.69) is 10.5 Å². The molecule has 7 nitrogen and oxygen atoms in total. The van der Waals surface area contributed by atoms with Gasteiger partial charge < -0.3 is 5.11 Å². The van der Waals surface area contributed by atoms with Crippen LogP contribution < -0.4 is 9.73 Å². The van der Waals surface area contributed by atoms with Gasteiger partial charge in [-0.2, -0.15) is 5.10 Å². The van der Waals surface area contributed by atoms with Gasteiger partial charge in [-0.05, 0) is 55.8 Å². The number of hydrogen-bond acceptors (Lipinski definition) is 5. The largest absolute Gasteiger partial charge is 0.507 e. The summed E-state index contributed by atoms with van der Waals surface area (Å²) in [7, 11) is -4.02. The van der Waals surface area contributed by atoms with E-state index in [-0.39, 0.29) is 28.4 Å². The lowest BCUT2D eigenvalue weighted by Crippen LogP contribution is -2.33. The molecule has 4 rings (SSSR count). The van der Waals surface area contributed by atoms with Gasteiger partial charge in [0.2, 0.25) is 0 Å². The molecule has 0 aromatic heterocycles. The number of hydrazone groups is 1. The van der Waals surface area contributed by atoms with Crippen molar-refractivity contribution in [2.45, 2.75) is 25.3 Å². The number of benzene rings is 4. The van der Waals surface area contributed by atoms with Crippen molar-refractivity contribution in [1.82, 2.24) is 5.43 Å². The summed E-state index contributed by atoms with van der Waals surface area (Å²) in [6.07, 6.45) is 0. The van der Waals surface area contributed by atoms with Gasteiger partial charge in [0.1, 0.15) is 5.75 Å². The predicted octanol–water partition coefficient (Wildman–Crippen LogP) is 5.25. The summed E-state index contributed by atoms with van der Waals surface area (Å²) in [6, 6.07) is 29.0. The van der Waals surface area contributed by atoms with Gasteiger partial charge in [0, 0.05) is 5.56 Å². The van der Waals surface area contributed by atoms with E-state index in [1.807, 2.05) is 37.3 Å². The molecule has 4 aromatic carbocycles. The predicted molar refractivity (Wildman–Crippen MR) is 145 cm³/mol. The molecule has 1 amide bonds. The smallest absolute Gasteiger partial charge is 0.273 e. The van der Waals surface area contributed by atoms with Crippen LogP contribution in [0.5, 0.6) is 5.75 Å². The first-order valence-electron chi connectivity index (χ1n) is 11.6. The Bertz CT molecular complexity index is 1530. The number of anilines is 1. The van der Waals surface area contributed by atoms with E-state index in [1.165, 1.54) is 10.4 Å². The van der Waals surface area contributed by atoms with Crippen LogP contribution in [0.2, 0.25) is 0 Å². The van der Waals surface area contributed by atoms with Crippen molar-refractivity contribution < 1.29 is 18.3 Å². The van der Waals surface area contributed by atoms with Crippen LogP contribution in [0.25, 0.3) is 0 Å². The van der Waals surface area contributed by atoms with E-state index in [1.54, 1.807) is 73.7 Å². The molecule has 188 valence electrons. The van der Waals surface area contributed by atoms with Crippen LogP contribution in [0.4, 0.5) is 5.69 Å². The molecule has 0 aliphatic heterocycles. The number of nitrogens with one attached hydrogen (secondary N) is 1. The number of sulfonamides is 1. The minimum atomic E-state index is -4.02. The lowest BCUT2D eigenvalue weighted by Gasteiger charge is -2.26. The lowest BCUT2D eigenvalue weighted by atomic mass is 10.1. The molecule has 0 unspecified atom stereocenters. The maximum atomic E-state index is 13.9. The molecule has 0 atom stereocenters. The molecule has 0 aliphatic rings. The van der Waals surface area contributed by atoms with Crippen molar-refractivity contribution in [2.75, 3.05) is 4.31 Å². The van der Waals surface area contributed by atoms with Crippen molar-refractivity contribution in [1.29, 1.82) is 0 Å². The molecule has 2 N–H and O–H groups in total. The Hall–Kier alpha value is -4.43. The zero-order valence-corrected chi connectivity index (χ0v) is 21.3. The van der Waals surface area contributed by atoms with E-state index in [9.17, 15) is 18.3 Å². The molecule has 0 fully saturated rings.